The third kappa shape index (κ3) is 3.82. The van der Waals surface area contributed by atoms with E-state index in [1.165, 1.54) is 11.3 Å². The van der Waals surface area contributed by atoms with Gasteiger partial charge in [0.15, 0.2) is 0 Å². The number of hydrogen-bond acceptors (Lipinski definition) is 5. The third-order valence-corrected chi connectivity index (χ3v) is 5.10. The Hall–Kier alpha value is -2.21. The first-order valence-electron chi connectivity index (χ1n) is 7.96. The van der Waals surface area contributed by atoms with Crippen molar-refractivity contribution >= 4 is 23.2 Å². The lowest BCUT2D eigenvalue weighted by Crippen LogP contribution is -2.25. The molecular weight excluding hydrogens is 324 g/mol. The Morgan fingerprint density at radius 2 is 2.08 bits per heavy atom. The predicted molar refractivity (Wildman–Crippen MR) is 91.8 cm³/mol. The topological polar surface area (TPSA) is 59.5 Å². The summed E-state index contributed by atoms with van der Waals surface area (Å²) in [6.45, 7) is 5.18. The van der Waals surface area contributed by atoms with Crippen molar-refractivity contribution in [3.8, 4) is 0 Å². The van der Waals surface area contributed by atoms with Gasteiger partial charge in [-0.1, -0.05) is 30.3 Å². The number of hydrogen-bond donors (Lipinski definition) is 0. The Balaban J connectivity index is 1.53. The first-order valence-corrected chi connectivity index (χ1v) is 8.77. The number of ether oxygens (including phenoxy) is 1. The summed E-state index contributed by atoms with van der Waals surface area (Å²) in [5, 5.41) is 0.851. The largest absolute Gasteiger partial charge is 0.461 e. The number of rotatable bonds is 5. The summed E-state index contributed by atoms with van der Waals surface area (Å²) >= 11 is 1.34. The van der Waals surface area contributed by atoms with Gasteiger partial charge in [-0.15, -0.1) is 11.3 Å². The number of carbonyl (C=O) groups is 2. The zero-order chi connectivity index (χ0) is 17.1. The minimum Gasteiger partial charge on any atom is -0.461 e. The van der Waals surface area contributed by atoms with Gasteiger partial charge in [-0.3, -0.25) is 4.79 Å². The Morgan fingerprint density at radius 3 is 2.75 bits per heavy atom. The molecule has 0 aliphatic carbocycles. The van der Waals surface area contributed by atoms with Crippen LogP contribution in [0.3, 0.4) is 0 Å². The lowest BCUT2D eigenvalue weighted by atomic mass is 10.1. The molecule has 1 fully saturated rings. The van der Waals surface area contributed by atoms with Gasteiger partial charge < -0.3 is 9.64 Å². The van der Waals surface area contributed by atoms with Crippen LogP contribution in [0.25, 0.3) is 0 Å². The molecule has 1 amide bonds. The Kier molecular flexibility index (Phi) is 4.94. The van der Waals surface area contributed by atoms with E-state index < -0.39 is 0 Å². The molecule has 126 valence electrons. The van der Waals surface area contributed by atoms with Gasteiger partial charge in [0.05, 0.1) is 17.3 Å². The molecule has 6 heteroatoms. The van der Waals surface area contributed by atoms with Crippen molar-refractivity contribution in [3.05, 3.63) is 51.5 Å². The highest BCUT2D eigenvalue weighted by molar-refractivity contribution is 7.13. The lowest BCUT2D eigenvalue weighted by molar-refractivity contribution is -0.128. The summed E-state index contributed by atoms with van der Waals surface area (Å²) in [5.74, 6) is -0.170. The van der Waals surface area contributed by atoms with E-state index in [1.807, 2.05) is 42.2 Å². The van der Waals surface area contributed by atoms with Gasteiger partial charge in [-0.05, 0) is 19.4 Å². The lowest BCUT2D eigenvalue weighted by Gasteiger charge is -2.16. The number of amides is 1. The number of nitrogens with zero attached hydrogens (tertiary/aromatic N) is 2. The van der Waals surface area contributed by atoms with E-state index in [0.717, 1.165) is 10.6 Å². The molecule has 0 radical (unpaired) electrons. The molecule has 1 saturated heterocycles. The highest BCUT2D eigenvalue weighted by Gasteiger charge is 2.30. The first kappa shape index (κ1) is 16.6. The quantitative estimate of drug-likeness (QED) is 0.783. The van der Waals surface area contributed by atoms with Crippen LogP contribution in [0.15, 0.2) is 30.3 Å². The normalized spacial score (nSPS) is 17.3. The highest BCUT2D eigenvalue weighted by atomic mass is 32.1. The molecule has 1 aliphatic rings. The zero-order valence-corrected chi connectivity index (χ0v) is 14.6. The summed E-state index contributed by atoms with van der Waals surface area (Å²) in [5.41, 5.74) is 1.81. The van der Waals surface area contributed by atoms with Crippen LogP contribution in [0.2, 0.25) is 0 Å². The molecule has 1 aromatic heterocycles. The second kappa shape index (κ2) is 7.13. The van der Waals surface area contributed by atoms with Crippen LogP contribution in [-0.2, 0) is 16.1 Å². The van der Waals surface area contributed by atoms with Crippen LogP contribution in [0.5, 0.6) is 0 Å². The van der Waals surface area contributed by atoms with E-state index >= 15 is 0 Å². The van der Waals surface area contributed by atoms with Crippen LogP contribution in [0.1, 0.15) is 32.4 Å². The maximum atomic E-state index is 12.1. The number of benzene rings is 1. The van der Waals surface area contributed by atoms with E-state index in [1.54, 1.807) is 6.92 Å². The minimum atomic E-state index is -0.341. The summed E-state index contributed by atoms with van der Waals surface area (Å²) < 4.78 is 5.41. The predicted octanol–water partition coefficient (Wildman–Crippen LogP) is 2.97. The number of carbonyl (C=O) groups excluding carboxylic acids is 2. The number of likely N-dealkylation sites (tertiary alicyclic amines) is 1. The van der Waals surface area contributed by atoms with Crippen LogP contribution < -0.4 is 0 Å². The van der Waals surface area contributed by atoms with E-state index in [-0.39, 0.29) is 24.4 Å². The molecule has 1 atom stereocenters. The van der Waals surface area contributed by atoms with Crippen molar-refractivity contribution in [1.82, 2.24) is 9.88 Å². The fourth-order valence-electron chi connectivity index (χ4n) is 2.90. The fraction of sp³-hybridized carbons (Fsp3) is 0.389. The highest BCUT2D eigenvalue weighted by Crippen LogP contribution is 2.22. The van der Waals surface area contributed by atoms with Crippen LogP contribution in [0.4, 0.5) is 0 Å². The molecule has 0 N–H and O–H groups in total. The van der Waals surface area contributed by atoms with Gasteiger partial charge in [-0.2, -0.15) is 0 Å². The molecule has 3 rings (SSSR count). The van der Waals surface area contributed by atoms with Gasteiger partial charge >= 0.3 is 5.97 Å². The molecule has 0 spiro atoms. The van der Waals surface area contributed by atoms with Crippen molar-refractivity contribution in [3.63, 3.8) is 0 Å². The van der Waals surface area contributed by atoms with E-state index in [4.69, 9.17) is 4.74 Å². The van der Waals surface area contributed by atoms with E-state index in [0.29, 0.717) is 30.1 Å². The summed E-state index contributed by atoms with van der Waals surface area (Å²) in [4.78, 5) is 30.9. The van der Waals surface area contributed by atoms with E-state index in [9.17, 15) is 9.59 Å². The smallest absolute Gasteiger partial charge is 0.350 e. The fourth-order valence-corrected chi connectivity index (χ4v) is 3.72. The molecular formula is C18H20N2O3S. The molecule has 5 nitrogen and oxygen atoms in total. The van der Waals surface area contributed by atoms with Gasteiger partial charge in [0.1, 0.15) is 4.88 Å². The second-order valence-corrected chi connectivity index (χ2v) is 7.28. The molecule has 0 saturated carbocycles. The molecule has 2 heterocycles. The molecule has 0 bridgehead atoms. The van der Waals surface area contributed by atoms with Gasteiger partial charge in [0.25, 0.3) is 0 Å². The monoisotopic (exact) mass is 344 g/mol. The average molecular weight is 344 g/mol. The number of aryl methyl sites for hydroxylation is 2. The molecule has 1 aromatic carbocycles. The van der Waals surface area contributed by atoms with Crippen molar-refractivity contribution in [1.29, 1.82) is 0 Å². The zero-order valence-electron chi connectivity index (χ0n) is 13.8. The summed E-state index contributed by atoms with van der Waals surface area (Å²) in [7, 11) is 0. The Morgan fingerprint density at radius 1 is 1.33 bits per heavy atom. The third-order valence-electron chi connectivity index (χ3n) is 4.05. The maximum absolute atomic E-state index is 12.1. The van der Waals surface area contributed by atoms with E-state index in [2.05, 4.69) is 4.98 Å². The molecule has 24 heavy (non-hydrogen) atoms. The van der Waals surface area contributed by atoms with Crippen molar-refractivity contribution in [2.75, 3.05) is 13.2 Å². The SMILES string of the molecule is Cc1nc(C)c(C(=O)OC[C@H]2CC(=O)N(Cc3ccccc3)C2)s1. The van der Waals surface area contributed by atoms with Crippen molar-refractivity contribution in [2.45, 2.75) is 26.8 Å². The Bertz CT molecular complexity index is 742. The van der Waals surface area contributed by atoms with Crippen LogP contribution in [0, 0.1) is 19.8 Å². The van der Waals surface area contributed by atoms with Crippen molar-refractivity contribution < 1.29 is 14.3 Å². The van der Waals surface area contributed by atoms with Gasteiger partial charge in [-0.25, -0.2) is 9.78 Å². The standard InChI is InChI=1S/C18H20N2O3S/c1-12-17(24-13(2)19-12)18(22)23-11-15-8-16(21)20(10-15)9-14-6-4-3-5-7-14/h3-7,15H,8-11H2,1-2H3/t15-/m0/s1. The summed E-state index contributed by atoms with van der Waals surface area (Å²) in [6.07, 6.45) is 0.431. The summed E-state index contributed by atoms with van der Waals surface area (Å²) in [6, 6.07) is 9.91. The molecule has 2 aromatic rings. The maximum Gasteiger partial charge on any atom is 0.350 e. The van der Waals surface area contributed by atoms with Crippen molar-refractivity contribution in [2.24, 2.45) is 5.92 Å². The molecule has 1 aliphatic heterocycles. The number of thiazole rings is 1. The van der Waals surface area contributed by atoms with Gasteiger partial charge in [0.2, 0.25) is 5.91 Å². The first-order chi connectivity index (χ1) is 11.5. The number of aromatic nitrogens is 1. The average Bonchev–Trinajstić information content (AvgIpc) is 3.08. The van der Waals surface area contributed by atoms with Crippen LogP contribution in [-0.4, -0.2) is 34.9 Å². The Labute approximate surface area is 145 Å². The second-order valence-electron chi connectivity index (χ2n) is 6.08. The molecule has 0 unspecified atom stereocenters. The number of esters is 1. The van der Waals surface area contributed by atoms with Crippen LogP contribution >= 0.6 is 11.3 Å². The van der Waals surface area contributed by atoms with Gasteiger partial charge in [0, 0.05) is 25.4 Å². The minimum absolute atomic E-state index is 0.0551.